The molecule has 1 saturated carbocycles. The SMILES string of the molecule is CC(O)CNC(=O)Cn1c(C2CCCCC2)nc2ccccc21. The Balaban J connectivity index is 1.88. The summed E-state index contributed by atoms with van der Waals surface area (Å²) < 4.78 is 2.06. The maximum atomic E-state index is 12.2. The van der Waals surface area contributed by atoms with Crippen molar-refractivity contribution in [3.63, 3.8) is 0 Å². The Morgan fingerprint density at radius 3 is 2.83 bits per heavy atom. The van der Waals surface area contributed by atoms with E-state index in [2.05, 4.69) is 9.88 Å². The molecule has 1 aromatic carbocycles. The number of hydrogen-bond donors (Lipinski definition) is 2. The lowest BCUT2D eigenvalue weighted by molar-refractivity contribution is -0.122. The Kier molecular flexibility index (Phi) is 4.96. The fourth-order valence-electron chi connectivity index (χ4n) is 3.39. The van der Waals surface area contributed by atoms with Crippen LogP contribution in [0, 0.1) is 0 Å². The number of amides is 1. The van der Waals surface area contributed by atoms with Crippen LogP contribution in [0.15, 0.2) is 24.3 Å². The summed E-state index contributed by atoms with van der Waals surface area (Å²) in [6.07, 6.45) is 5.55. The van der Waals surface area contributed by atoms with Crippen LogP contribution in [0.1, 0.15) is 50.8 Å². The van der Waals surface area contributed by atoms with Crippen LogP contribution in [0.5, 0.6) is 0 Å². The lowest BCUT2D eigenvalue weighted by atomic mass is 9.88. The van der Waals surface area contributed by atoms with Crippen LogP contribution in [0.3, 0.4) is 0 Å². The highest BCUT2D eigenvalue weighted by atomic mass is 16.3. The van der Waals surface area contributed by atoms with Crippen LogP contribution in [0.4, 0.5) is 0 Å². The number of carbonyl (C=O) groups is 1. The van der Waals surface area contributed by atoms with Gasteiger partial charge in [-0.2, -0.15) is 0 Å². The molecule has 1 fully saturated rings. The summed E-state index contributed by atoms with van der Waals surface area (Å²) in [6, 6.07) is 8.00. The Morgan fingerprint density at radius 1 is 1.35 bits per heavy atom. The number of nitrogens with zero attached hydrogens (tertiary/aromatic N) is 2. The van der Waals surface area contributed by atoms with Crippen molar-refractivity contribution in [2.45, 2.75) is 57.6 Å². The Morgan fingerprint density at radius 2 is 2.09 bits per heavy atom. The first-order valence-electron chi connectivity index (χ1n) is 8.55. The number of carbonyl (C=O) groups excluding carboxylic acids is 1. The quantitative estimate of drug-likeness (QED) is 0.891. The lowest BCUT2D eigenvalue weighted by Crippen LogP contribution is -2.33. The average molecular weight is 315 g/mol. The first-order chi connectivity index (χ1) is 11.1. The Hall–Kier alpha value is -1.88. The van der Waals surface area contributed by atoms with E-state index < -0.39 is 6.10 Å². The summed E-state index contributed by atoms with van der Waals surface area (Å²) in [5, 5.41) is 12.1. The molecule has 2 aromatic rings. The van der Waals surface area contributed by atoms with Crippen molar-refractivity contribution in [2.75, 3.05) is 6.54 Å². The van der Waals surface area contributed by atoms with E-state index in [1.165, 1.54) is 19.3 Å². The minimum atomic E-state index is -0.531. The second kappa shape index (κ2) is 7.13. The molecule has 0 aliphatic heterocycles. The number of fused-ring (bicyclic) bond motifs is 1. The van der Waals surface area contributed by atoms with Crippen molar-refractivity contribution in [3.05, 3.63) is 30.1 Å². The molecule has 5 nitrogen and oxygen atoms in total. The first kappa shape index (κ1) is 16.0. The van der Waals surface area contributed by atoms with Gasteiger partial charge in [-0.3, -0.25) is 4.79 Å². The van der Waals surface area contributed by atoms with Gasteiger partial charge in [0.25, 0.3) is 0 Å². The van der Waals surface area contributed by atoms with Crippen LogP contribution in [0.25, 0.3) is 11.0 Å². The molecule has 1 aliphatic carbocycles. The van der Waals surface area contributed by atoms with Gasteiger partial charge in [-0.1, -0.05) is 31.4 Å². The van der Waals surface area contributed by atoms with Gasteiger partial charge < -0.3 is 15.0 Å². The minimum Gasteiger partial charge on any atom is -0.392 e. The van der Waals surface area contributed by atoms with Gasteiger partial charge in [-0.25, -0.2) is 4.98 Å². The van der Waals surface area contributed by atoms with Crippen molar-refractivity contribution in [3.8, 4) is 0 Å². The summed E-state index contributed by atoms with van der Waals surface area (Å²) in [6.45, 7) is 2.21. The molecule has 1 aliphatic rings. The molecular weight excluding hydrogens is 290 g/mol. The normalized spacial score (nSPS) is 17.3. The largest absolute Gasteiger partial charge is 0.392 e. The van der Waals surface area contributed by atoms with Gasteiger partial charge in [0.05, 0.1) is 17.1 Å². The van der Waals surface area contributed by atoms with E-state index in [4.69, 9.17) is 4.98 Å². The molecule has 23 heavy (non-hydrogen) atoms. The van der Waals surface area contributed by atoms with E-state index in [0.717, 1.165) is 29.7 Å². The first-order valence-corrected chi connectivity index (χ1v) is 8.55. The van der Waals surface area contributed by atoms with Crippen LogP contribution in [-0.4, -0.2) is 33.2 Å². The van der Waals surface area contributed by atoms with E-state index >= 15 is 0 Å². The number of imidazole rings is 1. The zero-order valence-corrected chi connectivity index (χ0v) is 13.7. The van der Waals surface area contributed by atoms with Crippen LogP contribution >= 0.6 is 0 Å². The molecule has 124 valence electrons. The molecule has 0 radical (unpaired) electrons. The third kappa shape index (κ3) is 3.72. The van der Waals surface area contributed by atoms with Crippen LogP contribution in [-0.2, 0) is 11.3 Å². The zero-order chi connectivity index (χ0) is 16.2. The number of benzene rings is 1. The number of aliphatic hydroxyl groups is 1. The van der Waals surface area contributed by atoms with Crippen LogP contribution < -0.4 is 5.32 Å². The number of hydrogen-bond acceptors (Lipinski definition) is 3. The third-order valence-electron chi connectivity index (χ3n) is 4.55. The molecule has 0 bridgehead atoms. The van der Waals surface area contributed by atoms with Crippen molar-refractivity contribution < 1.29 is 9.90 Å². The number of nitrogens with one attached hydrogen (secondary N) is 1. The van der Waals surface area contributed by atoms with Gasteiger partial charge in [0.1, 0.15) is 12.4 Å². The summed E-state index contributed by atoms with van der Waals surface area (Å²) in [5.41, 5.74) is 1.97. The fourth-order valence-corrected chi connectivity index (χ4v) is 3.39. The van der Waals surface area contributed by atoms with Crippen molar-refractivity contribution in [1.29, 1.82) is 0 Å². The summed E-state index contributed by atoms with van der Waals surface area (Å²) >= 11 is 0. The highest BCUT2D eigenvalue weighted by molar-refractivity contribution is 5.81. The second-order valence-corrected chi connectivity index (χ2v) is 6.53. The van der Waals surface area contributed by atoms with Crippen molar-refractivity contribution >= 4 is 16.9 Å². The molecule has 0 saturated heterocycles. The molecule has 1 unspecified atom stereocenters. The van der Waals surface area contributed by atoms with Crippen molar-refractivity contribution in [2.24, 2.45) is 0 Å². The maximum Gasteiger partial charge on any atom is 0.240 e. The average Bonchev–Trinajstić information content (AvgIpc) is 2.92. The molecule has 3 rings (SSSR count). The predicted octanol–water partition coefficient (Wildman–Crippen LogP) is 2.58. The maximum absolute atomic E-state index is 12.2. The molecule has 1 atom stereocenters. The minimum absolute atomic E-state index is 0.0777. The monoisotopic (exact) mass is 315 g/mol. The molecule has 0 spiro atoms. The zero-order valence-electron chi connectivity index (χ0n) is 13.7. The summed E-state index contributed by atoms with van der Waals surface area (Å²) in [5.74, 6) is 1.41. The van der Waals surface area contributed by atoms with Gasteiger partial charge in [0, 0.05) is 12.5 Å². The Bertz CT molecular complexity index is 672. The van der Waals surface area contributed by atoms with E-state index in [1.54, 1.807) is 6.92 Å². The molecule has 1 heterocycles. The fraction of sp³-hybridized carbons (Fsp3) is 0.556. The van der Waals surface area contributed by atoms with Gasteiger partial charge in [-0.05, 0) is 31.9 Å². The molecule has 1 amide bonds. The molecule has 1 aromatic heterocycles. The van der Waals surface area contributed by atoms with E-state index in [9.17, 15) is 9.90 Å². The van der Waals surface area contributed by atoms with Gasteiger partial charge >= 0.3 is 0 Å². The lowest BCUT2D eigenvalue weighted by Gasteiger charge is -2.22. The molecular formula is C18H25N3O2. The standard InChI is InChI=1S/C18H25N3O2/c1-13(22)11-19-17(23)12-21-16-10-6-5-9-15(16)20-18(21)14-7-3-2-4-8-14/h5-6,9-10,13-14,22H,2-4,7-8,11-12H2,1H3,(H,19,23). The topological polar surface area (TPSA) is 67.2 Å². The molecule has 2 N–H and O–H groups in total. The highest BCUT2D eigenvalue weighted by Gasteiger charge is 2.23. The number of aromatic nitrogens is 2. The molecule has 5 heteroatoms. The predicted molar refractivity (Wildman–Crippen MR) is 90.2 cm³/mol. The smallest absolute Gasteiger partial charge is 0.240 e. The number of para-hydroxylation sites is 2. The van der Waals surface area contributed by atoms with Crippen molar-refractivity contribution in [1.82, 2.24) is 14.9 Å². The van der Waals surface area contributed by atoms with E-state index in [-0.39, 0.29) is 19.0 Å². The number of aliphatic hydroxyl groups excluding tert-OH is 1. The Labute approximate surface area is 136 Å². The van der Waals surface area contributed by atoms with Gasteiger partial charge in [0.15, 0.2) is 0 Å². The van der Waals surface area contributed by atoms with Gasteiger partial charge in [0.2, 0.25) is 5.91 Å². The summed E-state index contributed by atoms with van der Waals surface area (Å²) in [4.78, 5) is 17.0. The third-order valence-corrected chi connectivity index (χ3v) is 4.55. The highest BCUT2D eigenvalue weighted by Crippen LogP contribution is 2.33. The summed E-state index contributed by atoms with van der Waals surface area (Å²) in [7, 11) is 0. The number of rotatable bonds is 5. The van der Waals surface area contributed by atoms with E-state index in [0.29, 0.717) is 5.92 Å². The second-order valence-electron chi connectivity index (χ2n) is 6.53. The van der Waals surface area contributed by atoms with Crippen LogP contribution in [0.2, 0.25) is 0 Å². The van der Waals surface area contributed by atoms with E-state index in [1.807, 2.05) is 24.3 Å². The van der Waals surface area contributed by atoms with Gasteiger partial charge in [-0.15, -0.1) is 0 Å².